The summed E-state index contributed by atoms with van der Waals surface area (Å²) < 4.78 is 30.5. The Hall–Kier alpha value is -0.0900. The molecule has 122 valence electrons. The van der Waals surface area contributed by atoms with Crippen LogP contribution in [-0.4, -0.2) is 18.7 Å². The van der Waals surface area contributed by atoms with Crippen LogP contribution in [0.5, 0.6) is 0 Å². The van der Waals surface area contributed by atoms with Crippen LogP contribution >= 0.6 is 0 Å². The van der Waals surface area contributed by atoms with Gasteiger partial charge in [-0.05, 0) is 12.3 Å². The van der Waals surface area contributed by atoms with Crippen LogP contribution in [0.25, 0.3) is 0 Å². The molecule has 0 radical (unpaired) electrons. The van der Waals surface area contributed by atoms with E-state index in [4.69, 9.17) is 4.55 Å². The third-order valence-electron chi connectivity index (χ3n) is 3.99. The van der Waals surface area contributed by atoms with Crippen molar-refractivity contribution < 1.29 is 13.0 Å². The van der Waals surface area contributed by atoms with Crippen molar-refractivity contribution >= 4 is 10.1 Å². The summed E-state index contributed by atoms with van der Waals surface area (Å²) in [6.45, 7) is 4.23. The zero-order valence-corrected chi connectivity index (χ0v) is 14.3. The topological polar surface area (TPSA) is 54.4 Å². The lowest BCUT2D eigenvalue weighted by Gasteiger charge is -2.12. The van der Waals surface area contributed by atoms with Crippen molar-refractivity contribution in [3.8, 4) is 0 Å². The molecule has 0 bridgehead atoms. The fraction of sp³-hybridized carbons (Fsp3) is 1.00. The zero-order chi connectivity index (χ0) is 15.3. The summed E-state index contributed by atoms with van der Waals surface area (Å²) in [5, 5.41) is 0. The Balaban J connectivity index is 3.38. The molecule has 4 heteroatoms. The molecule has 0 aliphatic carbocycles. The fourth-order valence-electron chi connectivity index (χ4n) is 2.62. The molecule has 0 fully saturated rings. The average Bonchev–Trinajstić information content (AvgIpc) is 2.38. The van der Waals surface area contributed by atoms with Gasteiger partial charge in [-0.3, -0.25) is 4.55 Å². The first-order chi connectivity index (χ1) is 9.49. The van der Waals surface area contributed by atoms with Gasteiger partial charge in [0.1, 0.15) is 0 Å². The van der Waals surface area contributed by atoms with E-state index in [0.717, 1.165) is 19.3 Å². The highest BCUT2D eigenvalue weighted by Gasteiger charge is 2.14. The van der Waals surface area contributed by atoms with E-state index in [0.29, 0.717) is 0 Å². The van der Waals surface area contributed by atoms with E-state index in [-0.39, 0.29) is 11.7 Å². The quantitative estimate of drug-likeness (QED) is 0.354. The van der Waals surface area contributed by atoms with Crippen LogP contribution in [0, 0.1) is 5.92 Å². The normalized spacial score (nSPS) is 13.6. The van der Waals surface area contributed by atoms with Gasteiger partial charge in [0.25, 0.3) is 10.1 Å². The number of hydrogen-bond donors (Lipinski definition) is 1. The van der Waals surface area contributed by atoms with Gasteiger partial charge in [-0.2, -0.15) is 8.42 Å². The maximum atomic E-state index is 10.8. The van der Waals surface area contributed by atoms with Crippen LogP contribution in [0.2, 0.25) is 0 Å². The summed E-state index contributed by atoms with van der Waals surface area (Å²) in [6, 6.07) is 0. The summed E-state index contributed by atoms with van der Waals surface area (Å²) >= 11 is 0. The Labute approximate surface area is 126 Å². The molecule has 0 aromatic heterocycles. The van der Waals surface area contributed by atoms with Crippen molar-refractivity contribution in [3.63, 3.8) is 0 Å². The Morgan fingerprint density at radius 1 is 0.800 bits per heavy atom. The van der Waals surface area contributed by atoms with Crippen LogP contribution in [0.15, 0.2) is 0 Å². The fourth-order valence-corrected chi connectivity index (χ4v) is 3.62. The van der Waals surface area contributed by atoms with Crippen LogP contribution in [0.4, 0.5) is 0 Å². The Morgan fingerprint density at radius 2 is 1.25 bits per heavy atom. The lowest BCUT2D eigenvalue weighted by atomic mass is 9.99. The molecule has 1 atom stereocenters. The van der Waals surface area contributed by atoms with Crippen molar-refractivity contribution in [2.75, 3.05) is 5.75 Å². The van der Waals surface area contributed by atoms with Crippen molar-refractivity contribution in [2.24, 2.45) is 5.92 Å². The van der Waals surface area contributed by atoms with E-state index in [9.17, 15) is 8.42 Å². The first kappa shape index (κ1) is 19.9. The molecular formula is C16H34O3S. The molecule has 1 unspecified atom stereocenters. The van der Waals surface area contributed by atoms with Gasteiger partial charge in [0.2, 0.25) is 0 Å². The molecule has 3 nitrogen and oxygen atoms in total. The molecule has 1 N–H and O–H groups in total. The molecule has 0 amide bonds. The predicted octanol–water partition coefficient (Wildman–Crippen LogP) is 5.21. The Morgan fingerprint density at radius 3 is 1.65 bits per heavy atom. The minimum Gasteiger partial charge on any atom is -0.286 e. The third kappa shape index (κ3) is 14.3. The van der Waals surface area contributed by atoms with Crippen molar-refractivity contribution in [1.82, 2.24) is 0 Å². The SMILES string of the molecule is CCCCCCCCCCCCC(CC)CS(=O)(=O)O. The summed E-state index contributed by atoms with van der Waals surface area (Å²) in [5.41, 5.74) is 0. The molecule has 0 aliphatic heterocycles. The lowest BCUT2D eigenvalue weighted by molar-refractivity contribution is 0.433. The Kier molecular flexibility index (Phi) is 12.6. The van der Waals surface area contributed by atoms with Crippen LogP contribution in [-0.2, 0) is 10.1 Å². The van der Waals surface area contributed by atoms with Gasteiger partial charge in [-0.25, -0.2) is 0 Å². The van der Waals surface area contributed by atoms with Crippen LogP contribution in [0.1, 0.15) is 90.9 Å². The second kappa shape index (κ2) is 12.6. The molecule has 0 saturated carbocycles. The molecule has 0 aromatic carbocycles. The van der Waals surface area contributed by atoms with E-state index < -0.39 is 10.1 Å². The van der Waals surface area contributed by atoms with Crippen molar-refractivity contribution in [2.45, 2.75) is 90.9 Å². The van der Waals surface area contributed by atoms with Gasteiger partial charge in [0, 0.05) is 0 Å². The zero-order valence-electron chi connectivity index (χ0n) is 13.4. The molecule has 0 aromatic rings. The van der Waals surface area contributed by atoms with E-state index in [1.807, 2.05) is 6.92 Å². The number of hydrogen-bond acceptors (Lipinski definition) is 2. The van der Waals surface area contributed by atoms with Crippen LogP contribution < -0.4 is 0 Å². The first-order valence-electron chi connectivity index (χ1n) is 8.44. The molecule has 0 heterocycles. The van der Waals surface area contributed by atoms with E-state index in [1.165, 1.54) is 57.8 Å². The monoisotopic (exact) mass is 306 g/mol. The number of unbranched alkanes of at least 4 members (excludes halogenated alkanes) is 9. The maximum Gasteiger partial charge on any atom is 0.265 e. The van der Waals surface area contributed by atoms with Gasteiger partial charge in [-0.1, -0.05) is 84.5 Å². The second-order valence-electron chi connectivity index (χ2n) is 5.99. The molecule has 0 saturated heterocycles. The average molecular weight is 307 g/mol. The molecule has 20 heavy (non-hydrogen) atoms. The van der Waals surface area contributed by atoms with Gasteiger partial charge in [-0.15, -0.1) is 0 Å². The summed E-state index contributed by atoms with van der Waals surface area (Å²) in [5.74, 6) is 0.0556. The van der Waals surface area contributed by atoms with E-state index in [2.05, 4.69) is 6.92 Å². The van der Waals surface area contributed by atoms with Gasteiger partial charge in [0.05, 0.1) is 5.75 Å². The van der Waals surface area contributed by atoms with Crippen molar-refractivity contribution in [1.29, 1.82) is 0 Å². The van der Waals surface area contributed by atoms with E-state index in [1.54, 1.807) is 0 Å². The second-order valence-corrected chi connectivity index (χ2v) is 7.49. The third-order valence-corrected chi connectivity index (χ3v) is 4.88. The Bertz CT molecular complexity index is 299. The summed E-state index contributed by atoms with van der Waals surface area (Å²) in [7, 11) is -3.80. The smallest absolute Gasteiger partial charge is 0.265 e. The standard InChI is InChI=1S/C16H34O3S/c1-3-5-6-7-8-9-10-11-12-13-14-16(4-2)15-20(17,18)19/h16H,3-15H2,1-2H3,(H,17,18,19). The first-order valence-corrected chi connectivity index (χ1v) is 10.1. The van der Waals surface area contributed by atoms with Gasteiger partial charge < -0.3 is 0 Å². The summed E-state index contributed by atoms with van der Waals surface area (Å²) in [6.07, 6.45) is 14.7. The highest BCUT2D eigenvalue weighted by Crippen LogP contribution is 2.17. The van der Waals surface area contributed by atoms with Crippen LogP contribution in [0.3, 0.4) is 0 Å². The highest BCUT2D eigenvalue weighted by molar-refractivity contribution is 7.85. The minimum absolute atomic E-state index is 0.0685. The van der Waals surface area contributed by atoms with Gasteiger partial charge >= 0.3 is 0 Å². The maximum absolute atomic E-state index is 10.8. The molecule has 0 spiro atoms. The lowest BCUT2D eigenvalue weighted by Crippen LogP contribution is -2.14. The minimum atomic E-state index is -3.80. The van der Waals surface area contributed by atoms with Crippen molar-refractivity contribution in [3.05, 3.63) is 0 Å². The highest BCUT2D eigenvalue weighted by atomic mass is 32.2. The van der Waals surface area contributed by atoms with E-state index >= 15 is 0 Å². The largest absolute Gasteiger partial charge is 0.286 e. The molecule has 0 aliphatic rings. The van der Waals surface area contributed by atoms with Gasteiger partial charge in [0.15, 0.2) is 0 Å². The molecule has 0 rings (SSSR count). The predicted molar refractivity (Wildman–Crippen MR) is 86.7 cm³/mol. The molecular weight excluding hydrogens is 272 g/mol. The summed E-state index contributed by atoms with van der Waals surface area (Å²) in [4.78, 5) is 0. The number of rotatable bonds is 14.